The maximum atomic E-state index is 11.4. The number of aryl methyl sites for hydroxylation is 1. The minimum Gasteiger partial charge on any atom is -0.438 e. The Morgan fingerprint density at radius 2 is 2.22 bits per heavy atom. The quantitative estimate of drug-likeness (QED) is 0.785. The molecule has 3 aromatic rings. The Hall–Kier alpha value is -2.96. The number of aromatic nitrogens is 2. The van der Waals surface area contributed by atoms with Crippen molar-refractivity contribution in [2.75, 3.05) is 0 Å². The van der Waals surface area contributed by atoms with Crippen molar-refractivity contribution in [1.29, 1.82) is 0 Å². The highest BCUT2D eigenvalue weighted by atomic mass is 16.4. The third-order valence-corrected chi connectivity index (χ3v) is 3.88. The predicted molar refractivity (Wildman–Crippen MR) is 82.7 cm³/mol. The lowest BCUT2D eigenvalue weighted by Gasteiger charge is -2.18. The number of rotatable bonds is 2. The van der Waals surface area contributed by atoms with Crippen molar-refractivity contribution in [2.45, 2.75) is 20.3 Å². The molecule has 1 aromatic carbocycles. The molecular weight excluding hydrogens is 296 g/mol. The molecule has 0 bridgehead atoms. The predicted octanol–water partition coefficient (Wildman–Crippen LogP) is 2.65. The Kier molecular flexibility index (Phi) is 3.00. The van der Waals surface area contributed by atoms with Crippen LogP contribution in [0.5, 0.6) is 0 Å². The first kappa shape index (κ1) is 13.7. The summed E-state index contributed by atoms with van der Waals surface area (Å²) >= 11 is 0. The van der Waals surface area contributed by atoms with E-state index < -0.39 is 0 Å². The van der Waals surface area contributed by atoms with Gasteiger partial charge in [-0.25, -0.2) is 15.4 Å². The molecule has 0 saturated heterocycles. The lowest BCUT2D eigenvalue weighted by molar-refractivity contribution is -0.121. The van der Waals surface area contributed by atoms with Crippen LogP contribution in [0.1, 0.15) is 24.6 Å². The van der Waals surface area contributed by atoms with Gasteiger partial charge in [0.1, 0.15) is 5.52 Å². The number of amides is 1. The first-order valence-electron chi connectivity index (χ1n) is 7.29. The standard InChI is InChI=1S/C16H14N4O3/c1-8-5-13(21)19-20-14(8)10-3-4-11-12(6-10)23-16(18-11)15-9(2)17-7-22-15/h3-4,6-8H,5H2,1-2H3,(H,19,21). The largest absolute Gasteiger partial charge is 0.438 e. The average Bonchev–Trinajstić information content (AvgIpc) is 3.11. The molecule has 116 valence electrons. The summed E-state index contributed by atoms with van der Waals surface area (Å²) in [5.74, 6) is 0.919. The maximum Gasteiger partial charge on any atom is 0.265 e. The molecule has 7 heteroatoms. The second-order valence-corrected chi connectivity index (χ2v) is 5.61. The molecule has 0 spiro atoms. The molecule has 0 saturated carbocycles. The van der Waals surface area contributed by atoms with Gasteiger partial charge < -0.3 is 8.83 Å². The molecule has 7 nitrogen and oxygen atoms in total. The number of carbonyl (C=O) groups excluding carboxylic acids is 1. The number of carbonyl (C=O) groups is 1. The lowest BCUT2D eigenvalue weighted by atomic mass is 9.94. The van der Waals surface area contributed by atoms with Gasteiger partial charge in [-0.1, -0.05) is 13.0 Å². The molecule has 0 fully saturated rings. The molecule has 4 rings (SSSR count). The van der Waals surface area contributed by atoms with Crippen molar-refractivity contribution in [3.63, 3.8) is 0 Å². The molecule has 1 unspecified atom stereocenters. The van der Waals surface area contributed by atoms with Gasteiger partial charge in [0.05, 0.1) is 11.4 Å². The third kappa shape index (κ3) is 2.30. The van der Waals surface area contributed by atoms with E-state index >= 15 is 0 Å². The van der Waals surface area contributed by atoms with E-state index in [0.29, 0.717) is 23.7 Å². The van der Waals surface area contributed by atoms with Gasteiger partial charge in [0.2, 0.25) is 11.7 Å². The van der Waals surface area contributed by atoms with Crippen LogP contribution in [-0.4, -0.2) is 21.6 Å². The number of oxazole rings is 2. The van der Waals surface area contributed by atoms with Crippen molar-refractivity contribution in [3.8, 4) is 11.7 Å². The van der Waals surface area contributed by atoms with E-state index in [-0.39, 0.29) is 11.8 Å². The summed E-state index contributed by atoms with van der Waals surface area (Å²) in [4.78, 5) is 19.8. The smallest absolute Gasteiger partial charge is 0.265 e. The van der Waals surface area contributed by atoms with E-state index in [9.17, 15) is 4.79 Å². The Labute approximate surface area is 131 Å². The van der Waals surface area contributed by atoms with Crippen LogP contribution in [0.15, 0.2) is 38.5 Å². The average molecular weight is 310 g/mol. The minimum absolute atomic E-state index is 0.0557. The van der Waals surface area contributed by atoms with Gasteiger partial charge in [-0.2, -0.15) is 5.10 Å². The molecule has 1 amide bonds. The van der Waals surface area contributed by atoms with Crippen LogP contribution in [0.4, 0.5) is 0 Å². The Bertz CT molecular complexity index is 938. The number of hydrazone groups is 1. The van der Waals surface area contributed by atoms with Gasteiger partial charge in [0, 0.05) is 17.9 Å². The molecule has 1 N–H and O–H groups in total. The fourth-order valence-electron chi connectivity index (χ4n) is 2.69. The number of hydrogen-bond donors (Lipinski definition) is 1. The topological polar surface area (TPSA) is 93.5 Å². The SMILES string of the molecule is Cc1ncoc1-c1nc2ccc(C3=NNC(=O)CC3C)cc2o1. The number of benzene rings is 1. The van der Waals surface area contributed by atoms with E-state index in [0.717, 1.165) is 22.5 Å². The van der Waals surface area contributed by atoms with Crippen LogP contribution < -0.4 is 5.43 Å². The maximum absolute atomic E-state index is 11.4. The summed E-state index contributed by atoms with van der Waals surface area (Å²) in [5, 5.41) is 4.17. The molecular formula is C16H14N4O3. The van der Waals surface area contributed by atoms with Gasteiger partial charge >= 0.3 is 0 Å². The van der Waals surface area contributed by atoms with Crippen molar-refractivity contribution in [2.24, 2.45) is 11.0 Å². The Balaban J connectivity index is 1.77. The van der Waals surface area contributed by atoms with Crippen LogP contribution >= 0.6 is 0 Å². The molecule has 2 aromatic heterocycles. The molecule has 0 aliphatic carbocycles. The minimum atomic E-state index is -0.0647. The number of nitrogens with zero attached hydrogens (tertiary/aromatic N) is 3. The summed E-state index contributed by atoms with van der Waals surface area (Å²) in [6.07, 6.45) is 1.79. The highest BCUT2D eigenvalue weighted by molar-refractivity contribution is 6.07. The van der Waals surface area contributed by atoms with E-state index in [1.807, 2.05) is 32.0 Å². The molecule has 23 heavy (non-hydrogen) atoms. The molecule has 3 heterocycles. The summed E-state index contributed by atoms with van der Waals surface area (Å²) in [5.41, 5.74) is 6.36. The zero-order valence-corrected chi connectivity index (χ0v) is 12.7. The molecule has 1 aliphatic rings. The number of fused-ring (bicyclic) bond motifs is 1. The van der Waals surface area contributed by atoms with Crippen molar-refractivity contribution < 1.29 is 13.6 Å². The monoisotopic (exact) mass is 310 g/mol. The van der Waals surface area contributed by atoms with Crippen LogP contribution in [-0.2, 0) is 4.79 Å². The van der Waals surface area contributed by atoms with Gasteiger partial charge in [0.15, 0.2) is 12.0 Å². The zero-order chi connectivity index (χ0) is 16.0. The zero-order valence-electron chi connectivity index (χ0n) is 12.7. The molecule has 1 atom stereocenters. The first-order chi connectivity index (χ1) is 11.1. The Morgan fingerprint density at radius 3 is 2.96 bits per heavy atom. The second-order valence-electron chi connectivity index (χ2n) is 5.61. The van der Waals surface area contributed by atoms with E-state index in [1.54, 1.807) is 0 Å². The fourth-order valence-corrected chi connectivity index (χ4v) is 2.69. The fraction of sp³-hybridized carbons (Fsp3) is 0.250. The van der Waals surface area contributed by atoms with Gasteiger partial charge in [0.25, 0.3) is 5.89 Å². The van der Waals surface area contributed by atoms with Crippen LogP contribution in [0.3, 0.4) is 0 Å². The highest BCUT2D eigenvalue weighted by Crippen LogP contribution is 2.28. The van der Waals surface area contributed by atoms with Crippen molar-refractivity contribution in [3.05, 3.63) is 35.9 Å². The summed E-state index contributed by atoms with van der Waals surface area (Å²) in [6, 6.07) is 5.67. The lowest BCUT2D eigenvalue weighted by Crippen LogP contribution is -2.31. The van der Waals surface area contributed by atoms with Crippen LogP contribution in [0.25, 0.3) is 22.8 Å². The van der Waals surface area contributed by atoms with E-state index in [2.05, 4.69) is 20.5 Å². The normalized spacial score (nSPS) is 18.1. The van der Waals surface area contributed by atoms with Gasteiger partial charge in [-0.05, 0) is 19.1 Å². The van der Waals surface area contributed by atoms with Gasteiger partial charge in [-0.15, -0.1) is 0 Å². The number of hydrogen-bond acceptors (Lipinski definition) is 6. The summed E-state index contributed by atoms with van der Waals surface area (Å²) < 4.78 is 11.1. The molecule has 0 radical (unpaired) electrons. The molecule has 1 aliphatic heterocycles. The van der Waals surface area contributed by atoms with Crippen molar-refractivity contribution >= 4 is 22.7 Å². The Morgan fingerprint density at radius 1 is 1.35 bits per heavy atom. The third-order valence-electron chi connectivity index (χ3n) is 3.88. The van der Waals surface area contributed by atoms with Crippen LogP contribution in [0.2, 0.25) is 0 Å². The van der Waals surface area contributed by atoms with E-state index in [1.165, 1.54) is 6.39 Å². The van der Waals surface area contributed by atoms with E-state index in [4.69, 9.17) is 8.83 Å². The van der Waals surface area contributed by atoms with Crippen molar-refractivity contribution in [1.82, 2.24) is 15.4 Å². The van der Waals surface area contributed by atoms with Gasteiger partial charge in [-0.3, -0.25) is 4.79 Å². The highest BCUT2D eigenvalue weighted by Gasteiger charge is 2.22. The first-order valence-corrected chi connectivity index (χ1v) is 7.29. The second kappa shape index (κ2) is 5.05. The summed E-state index contributed by atoms with van der Waals surface area (Å²) in [6.45, 7) is 3.81. The summed E-state index contributed by atoms with van der Waals surface area (Å²) in [7, 11) is 0. The number of nitrogens with one attached hydrogen (secondary N) is 1. The van der Waals surface area contributed by atoms with Crippen LogP contribution in [0, 0.1) is 12.8 Å².